The molecule has 0 radical (unpaired) electrons. The maximum Gasteiger partial charge on any atom is 0.158 e. The van der Waals surface area contributed by atoms with Gasteiger partial charge >= 0.3 is 0 Å². The quantitative estimate of drug-likeness (QED) is 0.787. The van der Waals surface area contributed by atoms with E-state index in [0.717, 1.165) is 17.5 Å². The first-order valence-corrected chi connectivity index (χ1v) is 4.81. The summed E-state index contributed by atoms with van der Waals surface area (Å²) in [5, 5.41) is 5.31. The normalized spacial score (nSPS) is 13.3. The van der Waals surface area contributed by atoms with Gasteiger partial charge in [0.05, 0.1) is 24.1 Å². The topological polar surface area (TPSA) is 56.7 Å². The lowest BCUT2D eigenvalue weighted by atomic mass is 10.2. The largest absolute Gasteiger partial charge is 0.397 e. The van der Waals surface area contributed by atoms with Crippen LogP contribution in [0.5, 0.6) is 0 Å². The Morgan fingerprint density at radius 2 is 2.29 bits per heavy atom. The SMILES string of the molecule is CC[C@@H](C)n1ncc2cc(N)cnc21. The molecule has 0 aliphatic rings. The molecule has 1 atom stereocenters. The lowest BCUT2D eigenvalue weighted by Crippen LogP contribution is -2.06. The molecule has 0 saturated heterocycles. The van der Waals surface area contributed by atoms with E-state index >= 15 is 0 Å². The highest BCUT2D eigenvalue weighted by Gasteiger charge is 2.08. The Labute approximate surface area is 82.7 Å². The summed E-state index contributed by atoms with van der Waals surface area (Å²) >= 11 is 0. The van der Waals surface area contributed by atoms with Gasteiger partial charge in [0.25, 0.3) is 0 Å². The van der Waals surface area contributed by atoms with Crippen LogP contribution < -0.4 is 5.73 Å². The predicted octanol–water partition coefficient (Wildman–Crippen LogP) is 1.98. The zero-order valence-corrected chi connectivity index (χ0v) is 8.44. The molecule has 0 saturated carbocycles. The lowest BCUT2D eigenvalue weighted by Gasteiger charge is -2.09. The number of hydrogen-bond donors (Lipinski definition) is 1. The zero-order chi connectivity index (χ0) is 10.1. The first-order valence-electron chi connectivity index (χ1n) is 4.81. The molecule has 0 aliphatic carbocycles. The summed E-state index contributed by atoms with van der Waals surface area (Å²) in [6, 6.07) is 2.28. The average Bonchev–Trinajstić information content (AvgIpc) is 2.59. The van der Waals surface area contributed by atoms with Crippen molar-refractivity contribution in [3.8, 4) is 0 Å². The fraction of sp³-hybridized carbons (Fsp3) is 0.400. The van der Waals surface area contributed by atoms with Crippen molar-refractivity contribution < 1.29 is 0 Å². The van der Waals surface area contributed by atoms with Gasteiger partial charge in [-0.05, 0) is 19.4 Å². The third-order valence-electron chi connectivity index (χ3n) is 2.46. The highest BCUT2D eigenvalue weighted by Crippen LogP contribution is 2.18. The number of hydrogen-bond acceptors (Lipinski definition) is 3. The van der Waals surface area contributed by atoms with E-state index < -0.39 is 0 Å². The van der Waals surface area contributed by atoms with Gasteiger partial charge in [-0.15, -0.1) is 0 Å². The van der Waals surface area contributed by atoms with Gasteiger partial charge in [0, 0.05) is 5.39 Å². The summed E-state index contributed by atoms with van der Waals surface area (Å²) in [4.78, 5) is 4.29. The minimum absolute atomic E-state index is 0.378. The predicted molar refractivity (Wildman–Crippen MR) is 56.9 cm³/mol. The highest BCUT2D eigenvalue weighted by molar-refractivity contribution is 5.77. The first-order chi connectivity index (χ1) is 6.72. The highest BCUT2D eigenvalue weighted by atomic mass is 15.3. The molecular formula is C10H14N4. The summed E-state index contributed by atoms with van der Waals surface area (Å²) in [5.74, 6) is 0. The van der Waals surface area contributed by atoms with Gasteiger partial charge in [-0.1, -0.05) is 6.92 Å². The van der Waals surface area contributed by atoms with E-state index in [2.05, 4.69) is 23.9 Å². The molecule has 0 fully saturated rings. The van der Waals surface area contributed by atoms with Gasteiger partial charge in [0.1, 0.15) is 0 Å². The molecule has 4 nitrogen and oxygen atoms in total. The number of rotatable bonds is 2. The van der Waals surface area contributed by atoms with Crippen LogP contribution in [0.2, 0.25) is 0 Å². The second kappa shape index (κ2) is 3.29. The van der Waals surface area contributed by atoms with E-state index in [1.54, 1.807) is 6.20 Å². The fourth-order valence-corrected chi connectivity index (χ4v) is 1.45. The molecule has 0 unspecified atom stereocenters. The minimum atomic E-state index is 0.378. The van der Waals surface area contributed by atoms with Gasteiger partial charge in [-0.25, -0.2) is 9.67 Å². The standard InChI is InChI=1S/C10H14N4/c1-3-7(2)14-10-8(5-13-14)4-9(11)6-12-10/h4-7H,3,11H2,1-2H3/t7-/m1/s1. The van der Waals surface area contributed by atoms with Crippen LogP contribution in [0.1, 0.15) is 26.3 Å². The van der Waals surface area contributed by atoms with Gasteiger partial charge in [-0.2, -0.15) is 5.10 Å². The van der Waals surface area contributed by atoms with E-state index in [4.69, 9.17) is 5.73 Å². The van der Waals surface area contributed by atoms with Crippen LogP contribution in [0, 0.1) is 0 Å². The molecule has 0 amide bonds. The van der Waals surface area contributed by atoms with Crippen molar-refractivity contribution in [1.29, 1.82) is 0 Å². The molecule has 2 aromatic heterocycles. The summed E-state index contributed by atoms with van der Waals surface area (Å²) < 4.78 is 1.94. The van der Waals surface area contributed by atoms with E-state index in [1.165, 1.54) is 0 Å². The van der Waals surface area contributed by atoms with Gasteiger partial charge in [0.15, 0.2) is 5.65 Å². The fourth-order valence-electron chi connectivity index (χ4n) is 1.45. The number of fused-ring (bicyclic) bond motifs is 1. The summed E-state index contributed by atoms with van der Waals surface area (Å²) in [5.41, 5.74) is 7.23. The van der Waals surface area contributed by atoms with E-state index in [-0.39, 0.29) is 0 Å². The van der Waals surface area contributed by atoms with E-state index in [1.807, 2.05) is 16.9 Å². The van der Waals surface area contributed by atoms with E-state index in [9.17, 15) is 0 Å². The third kappa shape index (κ3) is 1.32. The van der Waals surface area contributed by atoms with Crippen LogP contribution in [0.4, 0.5) is 5.69 Å². The zero-order valence-electron chi connectivity index (χ0n) is 8.44. The van der Waals surface area contributed by atoms with Crippen LogP contribution >= 0.6 is 0 Å². The van der Waals surface area contributed by atoms with Crippen LogP contribution in [-0.4, -0.2) is 14.8 Å². The van der Waals surface area contributed by atoms with Crippen molar-refractivity contribution in [2.45, 2.75) is 26.3 Å². The van der Waals surface area contributed by atoms with Crippen molar-refractivity contribution in [3.05, 3.63) is 18.5 Å². The maximum absolute atomic E-state index is 5.64. The van der Waals surface area contributed by atoms with Crippen molar-refractivity contribution in [1.82, 2.24) is 14.8 Å². The van der Waals surface area contributed by atoms with Gasteiger partial charge in [-0.3, -0.25) is 0 Å². The molecule has 2 N–H and O–H groups in total. The Kier molecular flexibility index (Phi) is 2.11. The molecule has 2 rings (SSSR count). The van der Waals surface area contributed by atoms with Crippen molar-refractivity contribution >= 4 is 16.7 Å². The number of nitrogens with two attached hydrogens (primary N) is 1. The van der Waals surface area contributed by atoms with Crippen LogP contribution in [-0.2, 0) is 0 Å². The Morgan fingerprint density at radius 3 is 3.00 bits per heavy atom. The monoisotopic (exact) mass is 190 g/mol. The minimum Gasteiger partial charge on any atom is -0.397 e. The molecule has 2 aromatic rings. The second-order valence-electron chi connectivity index (χ2n) is 3.53. The Morgan fingerprint density at radius 1 is 1.50 bits per heavy atom. The van der Waals surface area contributed by atoms with Crippen LogP contribution in [0.15, 0.2) is 18.5 Å². The molecule has 4 heteroatoms. The molecule has 14 heavy (non-hydrogen) atoms. The smallest absolute Gasteiger partial charge is 0.158 e. The van der Waals surface area contributed by atoms with Crippen LogP contribution in [0.3, 0.4) is 0 Å². The Bertz CT molecular complexity index is 446. The van der Waals surface area contributed by atoms with Crippen LogP contribution in [0.25, 0.3) is 11.0 Å². The first kappa shape index (κ1) is 8.99. The number of pyridine rings is 1. The molecule has 0 bridgehead atoms. The molecule has 0 spiro atoms. The molecule has 0 aromatic carbocycles. The third-order valence-corrected chi connectivity index (χ3v) is 2.46. The maximum atomic E-state index is 5.64. The summed E-state index contributed by atoms with van der Waals surface area (Å²) in [6.07, 6.45) is 4.52. The molecule has 2 heterocycles. The average molecular weight is 190 g/mol. The number of anilines is 1. The lowest BCUT2D eigenvalue weighted by molar-refractivity contribution is 0.490. The van der Waals surface area contributed by atoms with Crippen molar-refractivity contribution in [2.24, 2.45) is 0 Å². The Balaban J connectivity index is 2.58. The molecule has 74 valence electrons. The number of nitrogen functional groups attached to an aromatic ring is 1. The number of aromatic nitrogens is 3. The Hall–Kier alpha value is -1.58. The van der Waals surface area contributed by atoms with E-state index in [0.29, 0.717) is 11.7 Å². The van der Waals surface area contributed by atoms with Crippen molar-refractivity contribution in [2.75, 3.05) is 5.73 Å². The summed E-state index contributed by atoms with van der Waals surface area (Å²) in [6.45, 7) is 4.26. The molecular weight excluding hydrogens is 176 g/mol. The van der Waals surface area contributed by atoms with Gasteiger partial charge < -0.3 is 5.73 Å². The number of nitrogens with zero attached hydrogens (tertiary/aromatic N) is 3. The summed E-state index contributed by atoms with van der Waals surface area (Å²) in [7, 11) is 0. The molecule has 0 aliphatic heterocycles. The van der Waals surface area contributed by atoms with Crippen molar-refractivity contribution in [3.63, 3.8) is 0 Å². The van der Waals surface area contributed by atoms with Gasteiger partial charge in [0.2, 0.25) is 0 Å². The second-order valence-corrected chi connectivity index (χ2v) is 3.53.